The molecule has 0 saturated heterocycles. The summed E-state index contributed by atoms with van der Waals surface area (Å²) in [6, 6.07) is 11.2. The Hall–Kier alpha value is -1.88. The van der Waals surface area contributed by atoms with Crippen LogP contribution in [0.2, 0.25) is 0 Å². The minimum Gasteiger partial charge on any atom is -0.349 e. The number of halogens is 1. The lowest BCUT2D eigenvalue weighted by molar-refractivity contribution is 0.0938. The number of hydrogen-bond acceptors (Lipinski definition) is 2. The van der Waals surface area contributed by atoms with Crippen LogP contribution in [0, 0.1) is 6.92 Å². The van der Waals surface area contributed by atoms with Gasteiger partial charge in [-0.25, -0.2) is 0 Å². The normalized spacial score (nSPS) is 12.0. The third-order valence-corrected chi connectivity index (χ3v) is 3.66. The molecule has 5 heteroatoms. The monoisotopic (exact) mass is 348 g/mol. The minimum absolute atomic E-state index is 0.0561. The molecule has 1 heterocycles. The van der Waals surface area contributed by atoms with Gasteiger partial charge in [0.15, 0.2) is 0 Å². The van der Waals surface area contributed by atoms with Crippen molar-refractivity contribution in [3.63, 3.8) is 0 Å². The summed E-state index contributed by atoms with van der Waals surface area (Å²) in [5.41, 5.74) is 1.65. The van der Waals surface area contributed by atoms with Gasteiger partial charge in [0.05, 0.1) is 0 Å². The Kier molecular flexibility index (Phi) is 4.96. The van der Waals surface area contributed by atoms with Crippen LogP contribution in [0.3, 0.4) is 0 Å². The van der Waals surface area contributed by atoms with Crippen LogP contribution >= 0.6 is 15.9 Å². The number of carbonyl (C=O) groups is 1. The van der Waals surface area contributed by atoms with Crippen LogP contribution in [0.4, 0.5) is 0 Å². The van der Waals surface area contributed by atoms with Crippen LogP contribution in [0.1, 0.15) is 28.5 Å². The van der Waals surface area contributed by atoms with Crippen molar-refractivity contribution in [1.29, 1.82) is 0 Å². The predicted octanol–water partition coefficient (Wildman–Crippen LogP) is 2.81. The maximum atomic E-state index is 12.1. The number of H-pyrrole nitrogens is 1. The quantitative estimate of drug-likeness (QED) is 0.892. The molecule has 1 atom stereocenters. The SMILES string of the molecule is Cc1ccc(C(=O)N[C@H](C)Cc2ccc(Br)cc2)c(=O)[nH]1. The summed E-state index contributed by atoms with van der Waals surface area (Å²) in [7, 11) is 0. The highest BCUT2D eigenvalue weighted by atomic mass is 79.9. The fraction of sp³-hybridized carbons (Fsp3) is 0.250. The lowest BCUT2D eigenvalue weighted by Crippen LogP contribution is -2.37. The highest BCUT2D eigenvalue weighted by Gasteiger charge is 2.13. The summed E-state index contributed by atoms with van der Waals surface area (Å²) < 4.78 is 1.02. The first-order valence-electron chi connectivity index (χ1n) is 6.71. The first-order valence-corrected chi connectivity index (χ1v) is 7.50. The zero-order valence-corrected chi connectivity index (χ0v) is 13.5. The van der Waals surface area contributed by atoms with Crippen LogP contribution in [0.25, 0.3) is 0 Å². The maximum absolute atomic E-state index is 12.1. The van der Waals surface area contributed by atoms with Gasteiger partial charge in [-0.3, -0.25) is 9.59 Å². The fourth-order valence-electron chi connectivity index (χ4n) is 2.08. The molecule has 1 aromatic carbocycles. The summed E-state index contributed by atoms with van der Waals surface area (Å²) in [4.78, 5) is 26.5. The Balaban J connectivity index is 2.01. The molecule has 0 spiro atoms. The molecule has 0 radical (unpaired) electrons. The van der Waals surface area contributed by atoms with E-state index in [-0.39, 0.29) is 23.1 Å². The molecule has 0 saturated carbocycles. The number of amides is 1. The number of nitrogens with one attached hydrogen (secondary N) is 2. The Bertz CT molecular complexity index is 692. The van der Waals surface area contributed by atoms with Crippen molar-refractivity contribution in [2.24, 2.45) is 0 Å². The standard InChI is InChI=1S/C16H17BrN2O2/c1-10-3-8-14(15(20)18-10)16(21)19-11(2)9-12-4-6-13(17)7-5-12/h3-8,11H,9H2,1-2H3,(H,18,20)(H,19,21)/t11-/m1/s1. The summed E-state index contributed by atoms with van der Waals surface area (Å²) in [5, 5.41) is 2.85. The van der Waals surface area contributed by atoms with E-state index in [4.69, 9.17) is 0 Å². The Morgan fingerprint density at radius 3 is 2.52 bits per heavy atom. The van der Waals surface area contributed by atoms with Gasteiger partial charge in [-0.05, 0) is 50.1 Å². The Morgan fingerprint density at radius 2 is 1.90 bits per heavy atom. The van der Waals surface area contributed by atoms with Gasteiger partial charge in [-0.15, -0.1) is 0 Å². The molecule has 1 aromatic heterocycles. The zero-order chi connectivity index (χ0) is 15.4. The largest absolute Gasteiger partial charge is 0.349 e. The van der Waals surface area contributed by atoms with Crippen molar-refractivity contribution in [3.8, 4) is 0 Å². The van der Waals surface area contributed by atoms with Gasteiger partial charge in [-0.2, -0.15) is 0 Å². The van der Waals surface area contributed by atoms with Crippen molar-refractivity contribution in [2.75, 3.05) is 0 Å². The van der Waals surface area contributed by atoms with Gasteiger partial charge in [0.25, 0.3) is 11.5 Å². The van der Waals surface area contributed by atoms with E-state index in [1.54, 1.807) is 19.1 Å². The lowest BCUT2D eigenvalue weighted by atomic mass is 10.1. The summed E-state index contributed by atoms with van der Waals surface area (Å²) in [5.74, 6) is -0.346. The molecule has 2 N–H and O–H groups in total. The molecule has 110 valence electrons. The molecule has 4 nitrogen and oxygen atoms in total. The average Bonchev–Trinajstić information content (AvgIpc) is 2.41. The predicted molar refractivity (Wildman–Crippen MR) is 86.6 cm³/mol. The average molecular weight is 349 g/mol. The van der Waals surface area contributed by atoms with Crippen LogP contribution in [0.5, 0.6) is 0 Å². The summed E-state index contributed by atoms with van der Waals surface area (Å²) in [6.07, 6.45) is 0.711. The van der Waals surface area contributed by atoms with Crippen molar-refractivity contribution < 1.29 is 4.79 Å². The van der Waals surface area contributed by atoms with Gasteiger partial charge in [-0.1, -0.05) is 28.1 Å². The zero-order valence-electron chi connectivity index (χ0n) is 11.9. The molecule has 0 aliphatic carbocycles. The van der Waals surface area contributed by atoms with E-state index in [1.807, 2.05) is 31.2 Å². The molecule has 2 aromatic rings. The first-order chi connectivity index (χ1) is 9.95. The van der Waals surface area contributed by atoms with Crippen LogP contribution in [-0.2, 0) is 6.42 Å². The second kappa shape index (κ2) is 6.72. The Morgan fingerprint density at radius 1 is 1.24 bits per heavy atom. The van der Waals surface area contributed by atoms with E-state index < -0.39 is 0 Å². The molecular formula is C16H17BrN2O2. The number of pyridine rings is 1. The molecule has 0 bridgehead atoms. The van der Waals surface area contributed by atoms with Crippen LogP contribution in [-0.4, -0.2) is 16.9 Å². The van der Waals surface area contributed by atoms with Crippen LogP contribution in [0.15, 0.2) is 45.7 Å². The van der Waals surface area contributed by atoms with E-state index >= 15 is 0 Å². The lowest BCUT2D eigenvalue weighted by Gasteiger charge is -2.14. The number of hydrogen-bond donors (Lipinski definition) is 2. The molecule has 0 aliphatic heterocycles. The van der Waals surface area contributed by atoms with Crippen molar-refractivity contribution >= 4 is 21.8 Å². The topological polar surface area (TPSA) is 62.0 Å². The number of aromatic amines is 1. The van der Waals surface area contributed by atoms with Gasteiger partial charge >= 0.3 is 0 Å². The van der Waals surface area contributed by atoms with Gasteiger partial charge in [0, 0.05) is 16.2 Å². The summed E-state index contributed by atoms with van der Waals surface area (Å²) >= 11 is 3.39. The van der Waals surface area contributed by atoms with E-state index in [2.05, 4.69) is 26.2 Å². The minimum atomic E-state index is -0.358. The van der Waals surface area contributed by atoms with E-state index in [0.29, 0.717) is 6.42 Å². The fourth-order valence-corrected chi connectivity index (χ4v) is 2.34. The molecule has 0 aliphatic rings. The third kappa shape index (κ3) is 4.29. The number of carbonyl (C=O) groups excluding carboxylic acids is 1. The number of aromatic nitrogens is 1. The molecular weight excluding hydrogens is 332 g/mol. The van der Waals surface area contributed by atoms with Crippen LogP contribution < -0.4 is 10.9 Å². The Labute approximate surface area is 131 Å². The second-order valence-corrected chi connectivity index (χ2v) is 6.00. The third-order valence-electron chi connectivity index (χ3n) is 3.13. The highest BCUT2D eigenvalue weighted by Crippen LogP contribution is 2.12. The number of rotatable bonds is 4. The summed E-state index contributed by atoms with van der Waals surface area (Å²) in [6.45, 7) is 3.70. The first kappa shape index (κ1) is 15.5. The smallest absolute Gasteiger partial charge is 0.260 e. The molecule has 0 fully saturated rings. The van der Waals surface area contributed by atoms with E-state index in [1.165, 1.54) is 0 Å². The van der Waals surface area contributed by atoms with Crippen molar-refractivity contribution in [2.45, 2.75) is 26.3 Å². The van der Waals surface area contributed by atoms with E-state index in [0.717, 1.165) is 15.7 Å². The molecule has 0 unspecified atom stereocenters. The maximum Gasteiger partial charge on any atom is 0.260 e. The second-order valence-electron chi connectivity index (χ2n) is 5.09. The number of aryl methyl sites for hydroxylation is 1. The number of benzene rings is 1. The van der Waals surface area contributed by atoms with E-state index in [9.17, 15) is 9.59 Å². The van der Waals surface area contributed by atoms with Gasteiger partial charge in [0.2, 0.25) is 0 Å². The van der Waals surface area contributed by atoms with Gasteiger partial charge in [0.1, 0.15) is 5.56 Å². The molecule has 21 heavy (non-hydrogen) atoms. The van der Waals surface area contributed by atoms with Gasteiger partial charge < -0.3 is 10.3 Å². The molecule has 1 amide bonds. The van der Waals surface area contributed by atoms with Crippen molar-refractivity contribution in [3.05, 3.63) is 68.0 Å². The van der Waals surface area contributed by atoms with Crippen molar-refractivity contribution in [1.82, 2.24) is 10.3 Å². The molecule has 2 rings (SSSR count). The highest BCUT2D eigenvalue weighted by molar-refractivity contribution is 9.10.